The molecule has 1 saturated heterocycles. The Morgan fingerprint density at radius 2 is 1.72 bits per heavy atom. The first-order chi connectivity index (χ1) is 14.0. The van der Waals surface area contributed by atoms with Gasteiger partial charge in [-0.05, 0) is 31.0 Å². The van der Waals surface area contributed by atoms with Crippen LogP contribution in [0.1, 0.15) is 28.8 Å². The minimum absolute atomic E-state index is 0.0401. The van der Waals surface area contributed by atoms with E-state index >= 15 is 0 Å². The summed E-state index contributed by atoms with van der Waals surface area (Å²) in [5.74, 6) is 1.93. The van der Waals surface area contributed by atoms with Crippen molar-refractivity contribution >= 4 is 17.6 Å². The van der Waals surface area contributed by atoms with Crippen LogP contribution in [0.15, 0.2) is 30.3 Å². The molecule has 0 atom stereocenters. The van der Waals surface area contributed by atoms with Crippen LogP contribution >= 0.6 is 0 Å². The monoisotopic (exact) mass is 397 g/mol. The summed E-state index contributed by atoms with van der Waals surface area (Å²) in [7, 11) is 1.65. The fraction of sp³-hybridized carbons (Fsp3) is 0.429. The van der Waals surface area contributed by atoms with Gasteiger partial charge in [0.1, 0.15) is 23.1 Å². The van der Waals surface area contributed by atoms with Crippen molar-refractivity contribution in [2.75, 3.05) is 45.2 Å². The van der Waals surface area contributed by atoms with Gasteiger partial charge in [0.15, 0.2) is 0 Å². The molecule has 1 aromatic heterocycles. The van der Waals surface area contributed by atoms with Crippen molar-refractivity contribution in [1.29, 1.82) is 0 Å². The average Bonchev–Trinajstić information content (AvgIpc) is 2.73. The van der Waals surface area contributed by atoms with Crippen LogP contribution in [0.3, 0.4) is 0 Å². The van der Waals surface area contributed by atoms with Crippen LogP contribution in [0.2, 0.25) is 0 Å². The van der Waals surface area contributed by atoms with Gasteiger partial charge in [-0.1, -0.05) is 12.1 Å². The van der Waals surface area contributed by atoms with E-state index in [1.165, 1.54) is 5.56 Å². The van der Waals surface area contributed by atoms with Crippen molar-refractivity contribution in [2.45, 2.75) is 20.3 Å². The number of piperazine rings is 1. The molecule has 8 nitrogen and oxygen atoms in total. The molecule has 1 fully saturated rings. The largest absolute Gasteiger partial charge is 0.497 e. The summed E-state index contributed by atoms with van der Waals surface area (Å²) in [4.78, 5) is 36.5. The summed E-state index contributed by atoms with van der Waals surface area (Å²) in [5, 5.41) is 3.28. The second-order valence-electron chi connectivity index (χ2n) is 7.01. The molecule has 2 heterocycles. The van der Waals surface area contributed by atoms with Crippen molar-refractivity contribution < 1.29 is 14.3 Å². The number of carbonyl (C=O) groups excluding carboxylic acids is 2. The molecule has 29 heavy (non-hydrogen) atoms. The summed E-state index contributed by atoms with van der Waals surface area (Å²) in [6.45, 7) is 6.15. The fourth-order valence-corrected chi connectivity index (χ4v) is 3.28. The molecule has 0 unspecified atom stereocenters. The summed E-state index contributed by atoms with van der Waals surface area (Å²) < 4.78 is 5.17. The molecule has 2 aromatic rings. The van der Waals surface area contributed by atoms with Crippen molar-refractivity contribution in [3.63, 3.8) is 0 Å². The topological polar surface area (TPSA) is 87.7 Å². The average molecular weight is 397 g/mol. The molecule has 0 saturated carbocycles. The molecule has 154 valence electrons. The Bertz CT molecular complexity index is 861. The lowest BCUT2D eigenvalue weighted by Crippen LogP contribution is -2.50. The van der Waals surface area contributed by atoms with Crippen LogP contribution in [-0.4, -0.2) is 71.4 Å². The zero-order valence-corrected chi connectivity index (χ0v) is 17.1. The van der Waals surface area contributed by atoms with E-state index in [1.807, 2.05) is 24.3 Å². The zero-order chi connectivity index (χ0) is 20.8. The van der Waals surface area contributed by atoms with Crippen LogP contribution in [-0.2, 0) is 11.2 Å². The van der Waals surface area contributed by atoms with Crippen LogP contribution < -0.4 is 10.1 Å². The van der Waals surface area contributed by atoms with Gasteiger partial charge in [-0.3, -0.25) is 9.59 Å². The maximum absolute atomic E-state index is 12.8. The molecule has 0 bridgehead atoms. The molecular weight excluding hydrogens is 370 g/mol. The highest BCUT2D eigenvalue weighted by atomic mass is 16.5. The molecule has 1 aliphatic heterocycles. The highest BCUT2D eigenvalue weighted by Gasteiger charge is 2.24. The van der Waals surface area contributed by atoms with Gasteiger partial charge in [0.25, 0.3) is 5.91 Å². The number of nitrogens with one attached hydrogen (secondary N) is 1. The van der Waals surface area contributed by atoms with Gasteiger partial charge in [0.2, 0.25) is 5.91 Å². The second kappa shape index (κ2) is 9.36. The summed E-state index contributed by atoms with van der Waals surface area (Å²) >= 11 is 0. The third-order valence-corrected chi connectivity index (χ3v) is 4.95. The van der Waals surface area contributed by atoms with Crippen LogP contribution in [0.4, 0.5) is 5.82 Å². The Hall–Kier alpha value is -3.16. The molecule has 0 aliphatic carbocycles. The lowest BCUT2D eigenvalue weighted by Gasteiger charge is -2.34. The van der Waals surface area contributed by atoms with E-state index in [2.05, 4.69) is 15.3 Å². The summed E-state index contributed by atoms with van der Waals surface area (Å²) in [6, 6.07) is 9.63. The zero-order valence-electron chi connectivity index (χ0n) is 17.1. The van der Waals surface area contributed by atoms with Gasteiger partial charge in [-0.2, -0.15) is 0 Å². The van der Waals surface area contributed by atoms with Crippen LogP contribution in [0.5, 0.6) is 5.75 Å². The maximum atomic E-state index is 12.8. The maximum Gasteiger partial charge on any atom is 0.272 e. The van der Waals surface area contributed by atoms with Gasteiger partial charge < -0.3 is 19.9 Å². The van der Waals surface area contributed by atoms with Gasteiger partial charge >= 0.3 is 0 Å². The molecule has 1 N–H and O–H groups in total. The lowest BCUT2D eigenvalue weighted by atomic mass is 10.1. The minimum atomic E-state index is -0.128. The SMILES string of the molecule is COc1ccc(CCNc2cc(C(=O)N3CCN(C(C)=O)CC3)nc(C)n2)cc1. The quantitative estimate of drug-likeness (QED) is 0.799. The molecule has 0 radical (unpaired) electrons. The smallest absolute Gasteiger partial charge is 0.272 e. The molecule has 2 amide bonds. The first-order valence-electron chi connectivity index (χ1n) is 9.73. The first kappa shape index (κ1) is 20.6. The third-order valence-electron chi connectivity index (χ3n) is 4.95. The number of carbonyl (C=O) groups is 2. The first-order valence-corrected chi connectivity index (χ1v) is 9.73. The Labute approximate surface area is 170 Å². The molecule has 1 aromatic carbocycles. The molecule has 1 aliphatic rings. The number of amides is 2. The predicted molar refractivity (Wildman–Crippen MR) is 110 cm³/mol. The fourth-order valence-electron chi connectivity index (χ4n) is 3.28. The van der Waals surface area contributed by atoms with Crippen molar-refractivity contribution in [3.8, 4) is 5.75 Å². The van der Waals surface area contributed by atoms with E-state index in [0.29, 0.717) is 50.1 Å². The number of aryl methyl sites for hydroxylation is 1. The Balaban J connectivity index is 1.58. The van der Waals surface area contributed by atoms with Crippen LogP contribution in [0.25, 0.3) is 0 Å². The third kappa shape index (κ3) is 5.43. The molecule has 3 rings (SSSR count). The number of ether oxygens (including phenoxy) is 1. The molecule has 8 heteroatoms. The number of methoxy groups -OCH3 is 1. The van der Waals surface area contributed by atoms with Crippen LogP contribution in [0, 0.1) is 6.92 Å². The number of nitrogens with zero attached hydrogens (tertiary/aromatic N) is 4. The molecule has 0 spiro atoms. The Morgan fingerprint density at radius 3 is 2.34 bits per heavy atom. The van der Waals surface area contributed by atoms with Gasteiger partial charge in [0.05, 0.1) is 7.11 Å². The predicted octanol–water partition coefficient (Wildman–Crippen LogP) is 1.75. The van der Waals surface area contributed by atoms with Gasteiger partial charge in [-0.15, -0.1) is 0 Å². The van der Waals surface area contributed by atoms with E-state index in [4.69, 9.17) is 4.74 Å². The van der Waals surface area contributed by atoms with Gasteiger partial charge in [0, 0.05) is 45.7 Å². The number of aromatic nitrogens is 2. The van der Waals surface area contributed by atoms with E-state index in [0.717, 1.165) is 12.2 Å². The minimum Gasteiger partial charge on any atom is -0.497 e. The normalized spacial score (nSPS) is 13.9. The second-order valence-corrected chi connectivity index (χ2v) is 7.01. The number of rotatable bonds is 6. The number of anilines is 1. The number of hydrogen-bond donors (Lipinski definition) is 1. The van der Waals surface area contributed by atoms with Crippen molar-refractivity contribution in [1.82, 2.24) is 19.8 Å². The highest BCUT2D eigenvalue weighted by Crippen LogP contribution is 2.14. The lowest BCUT2D eigenvalue weighted by molar-refractivity contribution is -0.130. The summed E-state index contributed by atoms with van der Waals surface area (Å²) in [5.41, 5.74) is 1.56. The van der Waals surface area contributed by atoms with E-state index in [-0.39, 0.29) is 11.8 Å². The Morgan fingerprint density at radius 1 is 1.07 bits per heavy atom. The standard InChI is InChI=1S/C21H27N5O3/c1-15-23-19(21(28)26-12-10-25(11-13-26)16(2)27)14-20(24-15)22-9-8-17-4-6-18(29-3)7-5-17/h4-7,14H,8-13H2,1-3H3,(H,22,23,24). The van der Waals surface area contributed by atoms with E-state index in [9.17, 15) is 9.59 Å². The van der Waals surface area contributed by atoms with E-state index in [1.54, 1.807) is 36.8 Å². The van der Waals surface area contributed by atoms with Crippen molar-refractivity contribution in [2.24, 2.45) is 0 Å². The van der Waals surface area contributed by atoms with Crippen molar-refractivity contribution in [3.05, 3.63) is 47.4 Å². The Kier molecular flexibility index (Phi) is 6.64. The number of hydrogen-bond acceptors (Lipinski definition) is 6. The summed E-state index contributed by atoms with van der Waals surface area (Å²) in [6.07, 6.45) is 0.823. The molecular formula is C21H27N5O3. The highest BCUT2D eigenvalue weighted by molar-refractivity contribution is 5.93. The van der Waals surface area contributed by atoms with Gasteiger partial charge in [-0.25, -0.2) is 9.97 Å². The van der Waals surface area contributed by atoms with E-state index < -0.39 is 0 Å². The number of benzene rings is 1.